The van der Waals surface area contributed by atoms with Crippen LogP contribution in [0.5, 0.6) is 0 Å². The van der Waals surface area contributed by atoms with Crippen LogP contribution in [0.2, 0.25) is 0 Å². The Morgan fingerprint density at radius 1 is 1.50 bits per heavy atom. The lowest BCUT2D eigenvalue weighted by atomic mass is 9.87. The van der Waals surface area contributed by atoms with Gasteiger partial charge in [-0.05, 0) is 44.3 Å². The zero-order valence-electron chi connectivity index (χ0n) is 13.6. The van der Waals surface area contributed by atoms with E-state index in [-0.39, 0.29) is 11.5 Å². The lowest BCUT2D eigenvalue weighted by Crippen LogP contribution is -2.47. The number of carbonyl (C=O) groups excluding carboxylic acids is 1. The van der Waals surface area contributed by atoms with Crippen LogP contribution in [0.4, 0.5) is 0 Å². The first kappa shape index (κ1) is 16.0. The number of ether oxygens (including phenoxy) is 1. The first-order valence-corrected chi connectivity index (χ1v) is 9.14. The molecule has 0 bridgehead atoms. The molecular formula is C17H26N2O2S. The van der Waals surface area contributed by atoms with Crippen LogP contribution in [0.15, 0.2) is 17.5 Å². The zero-order chi connectivity index (χ0) is 15.6. The highest BCUT2D eigenvalue weighted by atomic mass is 32.1. The Morgan fingerprint density at radius 3 is 2.91 bits per heavy atom. The average Bonchev–Trinajstić information content (AvgIpc) is 3.18. The first-order valence-electron chi connectivity index (χ1n) is 8.26. The van der Waals surface area contributed by atoms with E-state index < -0.39 is 0 Å². The summed E-state index contributed by atoms with van der Waals surface area (Å²) in [5.41, 5.74) is 0.0216. The number of carbonyl (C=O) groups is 1. The third kappa shape index (κ3) is 3.36. The number of hydrogen-bond acceptors (Lipinski definition) is 4. The van der Waals surface area contributed by atoms with Gasteiger partial charge < -0.3 is 14.5 Å². The molecule has 5 heteroatoms. The van der Waals surface area contributed by atoms with Gasteiger partial charge in [-0.2, -0.15) is 0 Å². The Morgan fingerprint density at radius 2 is 2.27 bits per heavy atom. The SMILES string of the molecule is CCN(C)[C@H]1COC2(CCN(C(=O)Cc3cccs3)CC2)C1. The van der Waals surface area contributed by atoms with Gasteiger partial charge in [0.05, 0.1) is 18.6 Å². The number of nitrogens with zero attached hydrogens (tertiary/aromatic N) is 2. The Kier molecular flexibility index (Phi) is 4.85. The smallest absolute Gasteiger partial charge is 0.227 e. The maximum absolute atomic E-state index is 12.4. The fourth-order valence-corrected chi connectivity index (χ4v) is 4.24. The molecule has 2 fully saturated rings. The molecule has 0 saturated carbocycles. The summed E-state index contributed by atoms with van der Waals surface area (Å²) >= 11 is 1.66. The Balaban J connectivity index is 1.51. The second-order valence-electron chi connectivity index (χ2n) is 6.56. The molecule has 1 spiro atoms. The lowest BCUT2D eigenvalue weighted by molar-refractivity contribution is -0.135. The van der Waals surface area contributed by atoms with Crippen molar-refractivity contribution in [3.8, 4) is 0 Å². The van der Waals surface area contributed by atoms with E-state index in [1.165, 1.54) is 0 Å². The predicted octanol–water partition coefficient (Wildman–Crippen LogP) is 2.39. The molecule has 2 aliphatic rings. The largest absolute Gasteiger partial charge is 0.373 e. The number of likely N-dealkylation sites (tertiary alicyclic amines) is 1. The molecule has 4 nitrogen and oxygen atoms in total. The molecule has 1 atom stereocenters. The van der Waals surface area contributed by atoms with Crippen LogP contribution in [0.1, 0.15) is 31.1 Å². The fourth-order valence-electron chi connectivity index (χ4n) is 3.55. The molecule has 0 aliphatic carbocycles. The van der Waals surface area contributed by atoms with E-state index >= 15 is 0 Å². The highest BCUT2D eigenvalue weighted by Gasteiger charge is 2.44. The molecule has 0 radical (unpaired) electrons. The second kappa shape index (κ2) is 6.69. The van der Waals surface area contributed by atoms with Crippen molar-refractivity contribution in [3.05, 3.63) is 22.4 Å². The average molecular weight is 322 g/mol. The number of piperidine rings is 1. The quantitative estimate of drug-likeness (QED) is 0.853. The molecule has 1 aromatic rings. The van der Waals surface area contributed by atoms with Crippen molar-refractivity contribution in [1.82, 2.24) is 9.80 Å². The molecule has 0 aromatic carbocycles. The van der Waals surface area contributed by atoms with E-state index in [4.69, 9.17) is 4.74 Å². The summed E-state index contributed by atoms with van der Waals surface area (Å²) in [4.78, 5) is 17.9. The molecule has 0 N–H and O–H groups in total. The van der Waals surface area contributed by atoms with Crippen LogP contribution < -0.4 is 0 Å². The summed E-state index contributed by atoms with van der Waals surface area (Å²) in [7, 11) is 2.17. The topological polar surface area (TPSA) is 32.8 Å². The summed E-state index contributed by atoms with van der Waals surface area (Å²) in [6.07, 6.45) is 3.63. The zero-order valence-corrected chi connectivity index (χ0v) is 14.4. The van der Waals surface area contributed by atoms with Crippen molar-refractivity contribution in [3.63, 3.8) is 0 Å². The monoisotopic (exact) mass is 322 g/mol. The van der Waals surface area contributed by atoms with Gasteiger partial charge in [0.1, 0.15) is 0 Å². The van der Waals surface area contributed by atoms with Gasteiger partial charge in [-0.3, -0.25) is 4.79 Å². The standard InChI is InChI=1S/C17H26N2O2S/c1-3-18(2)14-12-17(21-13-14)6-8-19(9-7-17)16(20)11-15-5-4-10-22-15/h4-5,10,14H,3,6-9,11-13H2,1-2H3/t14-/m1/s1. The predicted molar refractivity (Wildman–Crippen MR) is 89.2 cm³/mol. The molecule has 3 rings (SSSR count). The van der Waals surface area contributed by atoms with Crippen molar-refractivity contribution in [2.45, 2.75) is 44.2 Å². The maximum Gasteiger partial charge on any atom is 0.227 e. The van der Waals surface area contributed by atoms with Gasteiger partial charge >= 0.3 is 0 Å². The number of amides is 1. The molecule has 1 amide bonds. The van der Waals surface area contributed by atoms with Crippen molar-refractivity contribution in [2.24, 2.45) is 0 Å². The highest BCUT2D eigenvalue weighted by molar-refractivity contribution is 7.10. The van der Waals surface area contributed by atoms with Crippen LogP contribution in [-0.4, -0.2) is 60.6 Å². The minimum absolute atomic E-state index is 0.0216. The van der Waals surface area contributed by atoms with Crippen LogP contribution in [0.3, 0.4) is 0 Å². The van der Waals surface area contributed by atoms with E-state index in [0.29, 0.717) is 12.5 Å². The summed E-state index contributed by atoms with van der Waals surface area (Å²) in [5, 5.41) is 2.03. The van der Waals surface area contributed by atoms with Gasteiger partial charge in [0.25, 0.3) is 0 Å². The van der Waals surface area contributed by atoms with Crippen LogP contribution in [0, 0.1) is 0 Å². The van der Waals surface area contributed by atoms with Crippen LogP contribution >= 0.6 is 11.3 Å². The van der Waals surface area contributed by atoms with Crippen molar-refractivity contribution >= 4 is 17.2 Å². The van der Waals surface area contributed by atoms with E-state index in [1.807, 2.05) is 22.4 Å². The molecule has 2 saturated heterocycles. The maximum atomic E-state index is 12.4. The van der Waals surface area contributed by atoms with Crippen molar-refractivity contribution < 1.29 is 9.53 Å². The number of likely N-dealkylation sites (N-methyl/N-ethyl adjacent to an activating group) is 1. The summed E-state index contributed by atoms with van der Waals surface area (Å²) in [5.74, 6) is 0.262. The summed E-state index contributed by atoms with van der Waals surface area (Å²) < 4.78 is 6.17. The van der Waals surface area contributed by atoms with Gasteiger partial charge in [-0.25, -0.2) is 0 Å². The minimum atomic E-state index is 0.0216. The van der Waals surface area contributed by atoms with Crippen molar-refractivity contribution in [2.75, 3.05) is 33.3 Å². The van der Waals surface area contributed by atoms with Crippen molar-refractivity contribution in [1.29, 1.82) is 0 Å². The number of rotatable bonds is 4. The van der Waals surface area contributed by atoms with Gasteiger partial charge in [0.15, 0.2) is 0 Å². The van der Waals surface area contributed by atoms with Gasteiger partial charge in [-0.15, -0.1) is 11.3 Å². The highest BCUT2D eigenvalue weighted by Crippen LogP contribution is 2.37. The number of hydrogen-bond donors (Lipinski definition) is 0. The third-order valence-corrected chi connectivity index (χ3v) is 6.12. The number of thiophene rings is 1. The fraction of sp³-hybridized carbons (Fsp3) is 0.706. The van der Waals surface area contributed by atoms with Gasteiger partial charge in [0.2, 0.25) is 5.91 Å². The van der Waals surface area contributed by atoms with Gasteiger partial charge in [0, 0.05) is 24.0 Å². The Bertz CT molecular complexity index is 495. The lowest BCUT2D eigenvalue weighted by Gasteiger charge is -2.39. The molecule has 2 aliphatic heterocycles. The summed E-state index contributed by atoms with van der Waals surface area (Å²) in [6.45, 7) is 5.78. The van der Waals surface area contributed by atoms with Crippen LogP contribution in [-0.2, 0) is 16.0 Å². The second-order valence-corrected chi connectivity index (χ2v) is 7.59. The first-order chi connectivity index (χ1) is 10.6. The Labute approximate surface area is 137 Å². The summed E-state index contributed by atoms with van der Waals surface area (Å²) in [6, 6.07) is 4.59. The van der Waals surface area contributed by atoms with E-state index in [1.54, 1.807) is 11.3 Å². The molecule has 122 valence electrons. The molecular weight excluding hydrogens is 296 g/mol. The molecule has 22 heavy (non-hydrogen) atoms. The van der Waals surface area contributed by atoms with Gasteiger partial charge in [-0.1, -0.05) is 13.0 Å². The van der Waals surface area contributed by atoms with E-state index in [9.17, 15) is 4.79 Å². The van der Waals surface area contributed by atoms with Crippen LogP contribution in [0.25, 0.3) is 0 Å². The molecule has 1 aromatic heterocycles. The normalized spacial score (nSPS) is 24.3. The minimum Gasteiger partial charge on any atom is -0.373 e. The Hall–Kier alpha value is -0.910. The molecule has 0 unspecified atom stereocenters. The van der Waals surface area contributed by atoms with E-state index in [0.717, 1.165) is 50.4 Å². The third-order valence-electron chi connectivity index (χ3n) is 5.24. The van der Waals surface area contributed by atoms with E-state index in [2.05, 4.69) is 18.9 Å². The molecule has 3 heterocycles.